The van der Waals surface area contributed by atoms with E-state index in [0.717, 1.165) is 42.4 Å². The van der Waals surface area contributed by atoms with Crippen molar-refractivity contribution in [2.75, 3.05) is 52.8 Å². The lowest BCUT2D eigenvalue weighted by Gasteiger charge is -2.59. The predicted molar refractivity (Wildman–Crippen MR) is 199 cm³/mol. The van der Waals surface area contributed by atoms with Crippen molar-refractivity contribution in [3.05, 3.63) is 84.0 Å². The topological polar surface area (TPSA) is 160 Å². The molecule has 6 atom stereocenters. The molecule has 0 unspecified atom stereocenters. The highest BCUT2D eigenvalue weighted by molar-refractivity contribution is 6.03. The molecule has 53 heavy (non-hydrogen) atoms. The van der Waals surface area contributed by atoms with Crippen molar-refractivity contribution in [3.63, 3.8) is 0 Å². The van der Waals surface area contributed by atoms with Crippen molar-refractivity contribution in [1.29, 1.82) is 0 Å². The van der Waals surface area contributed by atoms with E-state index in [0.29, 0.717) is 24.3 Å². The number of phenols is 1. The van der Waals surface area contributed by atoms with Gasteiger partial charge in [0.2, 0.25) is 5.79 Å². The van der Waals surface area contributed by atoms with E-state index in [9.17, 15) is 25.2 Å². The monoisotopic (exact) mass is 736 g/mol. The van der Waals surface area contributed by atoms with Gasteiger partial charge in [0.25, 0.3) is 0 Å². The van der Waals surface area contributed by atoms with Gasteiger partial charge in [-0.15, -0.1) is 6.58 Å². The third-order valence-corrected chi connectivity index (χ3v) is 10.5. The van der Waals surface area contributed by atoms with Crippen LogP contribution in [0.3, 0.4) is 0 Å². The number of oxime groups is 1. The van der Waals surface area contributed by atoms with Crippen LogP contribution in [0.2, 0.25) is 0 Å². The number of amides is 1. The zero-order valence-electron chi connectivity index (χ0n) is 30.8. The highest BCUT2D eigenvalue weighted by Crippen LogP contribution is 2.61. The Kier molecular flexibility index (Phi) is 15.1. The van der Waals surface area contributed by atoms with E-state index in [1.165, 1.54) is 0 Å². The quantitative estimate of drug-likeness (QED) is 0.0712. The Morgan fingerprint density at radius 2 is 1.81 bits per heavy atom. The number of rotatable bonds is 21. The van der Waals surface area contributed by atoms with Crippen LogP contribution in [0.15, 0.2) is 78.0 Å². The van der Waals surface area contributed by atoms with E-state index in [-0.39, 0.29) is 89.3 Å². The summed E-state index contributed by atoms with van der Waals surface area (Å²) in [4.78, 5) is 21.7. The van der Waals surface area contributed by atoms with Gasteiger partial charge in [0, 0.05) is 37.7 Å². The van der Waals surface area contributed by atoms with Crippen LogP contribution in [0.5, 0.6) is 11.5 Å². The van der Waals surface area contributed by atoms with Gasteiger partial charge in [-0.25, -0.2) is 4.79 Å². The molecule has 0 saturated heterocycles. The second-order valence-electron chi connectivity index (χ2n) is 13.8. The van der Waals surface area contributed by atoms with E-state index in [1.54, 1.807) is 36.1 Å². The number of nitrogens with zero attached hydrogens (tertiary/aromatic N) is 2. The summed E-state index contributed by atoms with van der Waals surface area (Å²) in [5, 5.41) is 44.6. The zero-order valence-corrected chi connectivity index (χ0v) is 30.8. The van der Waals surface area contributed by atoms with Crippen LogP contribution < -0.4 is 4.74 Å². The molecule has 12 heteroatoms. The third-order valence-electron chi connectivity index (χ3n) is 10.5. The minimum absolute atomic E-state index is 0.0271. The molecule has 4 N–H and O–H groups in total. The summed E-state index contributed by atoms with van der Waals surface area (Å²) in [6.07, 6.45) is 8.04. The molecule has 1 saturated carbocycles. The van der Waals surface area contributed by atoms with E-state index in [4.69, 9.17) is 28.9 Å². The summed E-state index contributed by atoms with van der Waals surface area (Å²) in [5.41, 5.74) is 3.33. The van der Waals surface area contributed by atoms with E-state index < -0.39 is 23.8 Å². The van der Waals surface area contributed by atoms with Crippen LogP contribution in [0.1, 0.15) is 68.9 Å². The second-order valence-corrected chi connectivity index (χ2v) is 13.8. The molecule has 1 fully saturated rings. The van der Waals surface area contributed by atoms with Crippen LogP contribution in [0.4, 0.5) is 4.79 Å². The molecule has 0 aromatic heterocycles. The number of aromatic hydroxyl groups is 1. The molecule has 2 aliphatic carbocycles. The number of carbonyl (C=O) groups is 1. The van der Waals surface area contributed by atoms with Crippen LogP contribution in [-0.4, -0.2) is 102 Å². The lowest BCUT2D eigenvalue weighted by atomic mass is 9.55. The van der Waals surface area contributed by atoms with Gasteiger partial charge in [-0.3, -0.25) is 4.90 Å². The van der Waals surface area contributed by atoms with Gasteiger partial charge < -0.3 is 44.2 Å². The standard InChI is InChI=1S/C41H56N2O10/c1-3-22-51-41-37(43(40(48)50-4-2)18-23-49-24-21-46)27-35(42-52-28-29-12-6-5-7-13-29)33-25-30(14-8-10-19-44)32(15-9-11-20-45)38(39(33)41)34-26-31(47)16-17-36(34)53-41/h3,5-7,12-13,16-17,25-26,30,32,37-39,44-47H,1,4,8-11,14-15,18-24,27-28H2,2H3/t30-,32+,37-,38+,39+,41+/m0/s1. The number of unbranched alkanes of at least 4 members (excludes halogenated alkanes) is 2. The van der Waals surface area contributed by atoms with Crippen molar-refractivity contribution in [2.24, 2.45) is 22.9 Å². The summed E-state index contributed by atoms with van der Waals surface area (Å²) >= 11 is 0. The van der Waals surface area contributed by atoms with Gasteiger partial charge in [-0.1, -0.05) is 60.5 Å². The zero-order chi connectivity index (χ0) is 37.6. The number of aliphatic hydroxyl groups excluding tert-OH is 3. The molecular weight excluding hydrogens is 680 g/mol. The summed E-state index contributed by atoms with van der Waals surface area (Å²) in [5.74, 6) is -1.49. The van der Waals surface area contributed by atoms with Crippen molar-refractivity contribution in [1.82, 2.24) is 4.90 Å². The van der Waals surface area contributed by atoms with Gasteiger partial charge in [0.1, 0.15) is 24.1 Å². The number of hydrogen-bond acceptors (Lipinski definition) is 11. The lowest BCUT2D eigenvalue weighted by molar-refractivity contribution is -0.256. The van der Waals surface area contributed by atoms with Gasteiger partial charge in [0.05, 0.1) is 44.7 Å². The largest absolute Gasteiger partial charge is 0.508 e. The summed E-state index contributed by atoms with van der Waals surface area (Å²) in [7, 11) is 0. The summed E-state index contributed by atoms with van der Waals surface area (Å²) in [6.45, 7) is 6.57. The lowest BCUT2D eigenvalue weighted by Crippen LogP contribution is -2.70. The van der Waals surface area contributed by atoms with Gasteiger partial charge in [-0.2, -0.15) is 0 Å². The van der Waals surface area contributed by atoms with Crippen molar-refractivity contribution in [3.8, 4) is 11.5 Å². The fraction of sp³-hybridized carbons (Fsp3) is 0.561. The highest BCUT2D eigenvalue weighted by atomic mass is 16.7. The molecule has 2 aromatic carbocycles. The molecule has 12 nitrogen and oxygen atoms in total. The fourth-order valence-corrected chi connectivity index (χ4v) is 8.33. The molecule has 1 amide bonds. The van der Waals surface area contributed by atoms with E-state index in [2.05, 4.69) is 12.7 Å². The SMILES string of the molecule is C=CCO[C@@]12Oc3ccc(O)cc3[C@H]3[C@H](CCCCO)[C@@H](CCCCO)C=C(C(=NOCc4ccccc4)C[C@@H]1N(CCOCCO)C(=O)OCC)[C@H]32. The molecule has 290 valence electrons. The van der Waals surface area contributed by atoms with E-state index in [1.807, 2.05) is 30.3 Å². The Labute approximate surface area is 312 Å². The third kappa shape index (κ3) is 9.42. The maximum absolute atomic E-state index is 14.0. The second kappa shape index (κ2) is 19.9. The average Bonchev–Trinajstić information content (AvgIpc) is 3.16. The van der Waals surface area contributed by atoms with E-state index >= 15 is 0 Å². The number of carbonyl (C=O) groups excluding carboxylic acids is 1. The fourth-order valence-electron chi connectivity index (χ4n) is 8.33. The van der Waals surface area contributed by atoms with Crippen LogP contribution in [0, 0.1) is 17.8 Å². The Balaban J connectivity index is 1.73. The van der Waals surface area contributed by atoms with Crippen LogP contribution >= 0.6 is 0 Å². The normalized spacial score (nSPS) is 25.1. The summed E-state index contributed by atoms with van der Waals surface area (Å²) in [6, 6.07) is 14.1. The molecule has 0 bridgehead atoms. The molecule has 2 aromatic rings. The molecule has 1 heterocycles. The smallest absolute Gasteiger partial charge is 0.410 e. The number of benzene rings is 2. The maximum Gasteiger partial charge on any atom is 0.410 e. The van der Waals surface area contributed by atoms with Gasteiger partial charge in [0.15, 0.2) is 0 Å². The van der Waals surface area contributed by atoms with Gasteiger partial charge in [-0.05, 0) is 73.8 Å². The number of allylic oxidation sites excluding steroid dienone is 1. The summed E-state index contributed by atoms with van der Waals surface area (Å²) < 4.78 is 25.3. The highest BCUT2D eigenvalue weighted by Gasteiger charge is 2.65. The first-order valence-electron chi connectivity index (χ1n) is 19.0. The number of hydrogen-bond donors (Lipinski definition) is 4. The first-order valence-corrected chi connectivity index (χ1v) is 19.0. The van der Waals surface area contributed by atoms with Crippen molar-refractivity contribution < 1.29 is 49.0 Å². The number of phenolic OH excluding ortho intramolecular Hbond substituents is 1. The number of aliphatic hydroxyl groups is 3. The first kappa shape index (κ1) is 40.2. The number of fused-ring (bicyclic) bond motifs is 2. The molecule has 3 aliphatic rings. The predicted octanol–water partition coefficient (Wildman–Crippen LogP) is 5.69. The molecule has 0 spiro atoms. The molecule has 5 rings (SSSR count). The van der Waals surface area contributed by atoms with Crippen LogP contribution in [0.25, 0.3) is 0 Å². The molecular formula is C41H56N2O10. The molecule has 0 radical (unpaired) electrons. The average molecular weight is 737 g/mol. The first-order chi connectivity index (χ1) is 25.9. The Hall–Kier alpha value is -3.94. The minimum atomic E-state index is -1.46. The Bertz CT molecular complexity index is 1530. The van der Waals surface area contributed by atoms with Crippen LogP contribution in [-0.2, 0) is 25.7 Å². The maximum atomic E-state index is 14.0. The Morgan fingerprint density at radius 1 is 1.04 bits per heavy atom. The van der Waals surface area contributed by atoms with Crippen molar-refractivity contribution in [2.45, 2.75) is 76.2 Å². The minimum Gasteiger partial charge on any atom is -0.508 e. The van der Waals surface area contributed by atoms with Gasteiger partial charge >= 0.3 is 6.09 Å². The molecule has 1 aliphatic heterocycles. The number of ether oxygens (including phenoxy) is 4. The Morgan fingerprint density at radius 3 is 2.53 bits per heavy atom. The van der Waals surface area contributed by atoms with Crippen molar-refractivity contribution >= 4 is 11.8 Å².